The SMILES string of the molecule is O=[N+]([O-])c1cc(Cl)ccc1NCCn1cccn1. The lowest BCUT2D eigenvalue weighted by molar-refractivity contribution is -0.383. The maximum atomic E-state index is 10.9. The highest BCUT2D eigenvalue weighted by Crippen LogP contribution is 2.27. The fourth-order valence-corrected chi connectivity index (χ4v) is 1.71. The summed E-state index contributed by atoms with van der Waals surface area (Å²) in [6, 6.07) is 6.37. The first-order valence-corrected chi connectivity index (χ1v) is 5.70. The van der Waals surface area contributed by atoms with E-state index in [-0.39, 0.29) is 5.69 Å². The van der Waals surface area contributed by atoms with Crippen LogP contribution in [-0.2, 0) is 6.54 Å². The van der Waals surface area contributed by atoms with Gasteiger partial charge >= 0.3 is 0 Å². The Morgan fingerprint density at radius 1 is 1.50 bits per heavy atom. The standard InChI is InChI=1S/C11H11ClN4O2/c12-9-2-3-10(11(8-9)16(17)18)13-5-7-15-6-1-4-14-15/h1-4,6,8,13H,5,7H2. The average molecular weight is 267 g/mol. The Balaban J connectivity index is 2.02. The summed E-state index contributed by atoms with van der Waals surface area (Å²) in [6.45, 7) is 1.18. The minimum atomic E-state index is -0.456. The molecule has 0 spiro atoms. The van der Waals surface area contributed by atoms with Gasteiger partial charge in [-0.2, -0.15) is 5.10 Å². The number of anilines is 1. The molecule has 0 amide bonds. The molecule has 1 aromatic heterocycles. The summed E-state index contributed by atoms with van der Waals surface area (Å²) < 4.78 is 1.74. The zero-order valence-electron chi connectivity index (χ0n) is 9.41. The lowest BCUT2D eigenvalue weighted by atomic mass is 10.2. The first-order valence-electron chi connectivity index (χ1n) is 5.32. The summed E-state index contributed by atoms with van der Waals surface area (Å²) in [5.41, 5.74) is 0.430. The van der Waals surface area contributed by atoms with Gasteiger partial charge in [0.05, 0.1) is 11.5 Å². The fourth-order valence-electron chi connectivity index (χ4n) is 1.54. The molecule has 0 radical (unpaired) electrons. The first-order chi connectivity index (χ1) is 8.66. The molecule has 0 fully saturated rings. The van der Waals surface area contributed by atoms with E-state index in [0.717, 1.165) is 0 Å². The monoisotopic (exact) mass is 266 g/mol. The van der Waals surface area contributed by atoms with E-state index in [0.29, 0.717) is 23.8 Å². The van der Waals surface area contributed by atoms with E-state index in [9.17, 15) is 10.1 Å². The third-order valence-corrected chi connectivity index (χ3v) is 2.61. The summed E-state index contributed by atoms with van der Waals surface area (Å²) in [6.07, 6.45) is 3.52. The zero-order chi connectivity index (χ0) is 13.0. The van der Waals surface area contributed by atoms with Crippen molar-refractivity contribution in [1.82, 2.24) is 9.78 Å². The molecule has 0 aliphatic heterocycles. The molecule has 2 aromatic rings. The van der Waals surface area contributed by atoms with E-state index in [1.165, 1.54) is 6.07 Å². The number of benzene rings is 1. The number of nitro groups is 1. The van der Waals surface area contributed by atoms with Crippen molar-refractivity contribution < 1.29 is 4.92 Å². The van der Waals surface area contributed by atoms with Gasteiger partial charge in [0.2, 0.25) is 0 Å². The first kappa shape index (κ1) is 12.4. The predicted octanol–water partition coefficient (Wildman–Crippen LogP) is 2.56. The third kappa shape index (κ3) is 2.98. The molecule has 0 bridgehead atoms. The Morgan fingerprint density at radius 3 is 3.00 bits per heavy atom. The van der Waals surface area contributed by atoms with Crippen LogP contribution in [0.4, 0.5) is 11.4 Å². The van der Waals surface area contributed by atoms with Crippen LogP contribution in [0.25, 0.3) is 0 Å². The van der Waals surface area contributed by atoms with Gasteiger partial charge in [-0.1, -0.05) is 11.6 Å². The van der Waals surface area contributed by atoms with Crippen molar-refractivity contribution in [3.8, 4) is 0 Å². The lowest BCUT2D eigenvalue weighted by Gasteiger charge is -2.07. The maximum Gasteiger partial charge on any atom is 0.293 e. The van der Waals surface area contributed by atoms with Crippen molar-refractivity contribution in [3.05, 3.63) is 51.8 Å². The number of nitrogens with one attached hydrogen (secondary N) is 1. The Morgan fingerprint density at radius 2 is 2.33 bits per heavy atom. The van der Waals surface area contributed by atoms with Gasteiger partial charge in [0, 0.05) is 30.0 Å². The van der Waals surface area contributed by atoms with Gasteiger partial charge in [-0.15, -0.1) is 0 Å². The Kier molecular flexibility index (Phi) is 3.78. The number of hydrogen-bond acceptors (Lipinski definition) is 4. The van der Waals surface area contributed by atoms with Crippen molar-refractivity contribution >= 4 is 23.0 Å². The van der Waals surface area contributed by atoms with E-state index >= 15 is 0 Å². The van der Waals surface area contributed by atoms with Crippen LogP contribution in [0.3, 0.4) is 0 Å². The minimum absolute atomic E-state index is 0.0250. The minimum Gasteiger partial charge on any atom is -0.378 e. The van der Waals surface area contributed by atoms with E-state index in [1.807, 2.05) is 12.3 Å². The van der Waals surface area contributed by atoms with Crippen LogP contribution >= 0.6 is 11.6 Å². The molecule has 18 heavy (non-hydrogen) atoms. The Hall–Kier alpha value is -2.08. The average Bonchev–Trinajstić information content (AvgIpc) is 2.84. The number of aromatic nitrogens is 2. The normalized spacial score (nSPS) is 10.3. The van der Waals surface area contributed by atoms with Gasteiger partial charge in [0.25, 0.3) is 5.69 Å². The van der Waals surface area contributed by atoms with Gasteiger partial charge in [-0.05, 0) is 18.2 Å². The van der Waals surface area contributed by atoms with Crippen molar-refractivity contribution in [2.75, 3.05) is 11.9 Å². The van der Waals surface area contributed by atoms with E-state index < -0.39 is 4.92 Å². The second-order valence-corrected chi connectivity index (χ2v) is 4.05. The van der Waals surface area contributed by atoms with Gasteiger partial charge in [-0.25, -0.2) is 0 Å². The highest BCUT2D eigenvalue weighted by Gasteiger charge is 2.13. The lowest BCUT2D eigenvalue weighted by Crippen LogP contribution is -2.11. The van der Waals surface area contributed by atoms with Gasteiger partial charge in [-0.3, -0.25) is 14.8 Å². The van der Waals surface area contributed by atoms with Crippen LogP contribution in [0.2, 0.25) is 5.02 Å². The van der Waals surface area contributed by atoms with Gasteiger partial charge in [0.15, 0.2) is 0 Å². The third-order valence-electron chi connectivity index (χ3n) is 2.37. The topological polar surface area (TPSA) is 73.0 Å². The molecule has 7 heteroatoms. The van der Waals surface area contributed by atoms with Crippen LogP contribution < -0.4 is 5.32 Å². The number of hydrogen-bond donors (Lipinski definition) is 1. The number of nitro benzene ring substituents is 1. The van der Waals surface area contributed by atoms with Gasteiger partial charge < -0.3 is 5.32 Å². The van der Waals surface area contributed by atoms with Crippen LogP contribution in [0.5, 0.6) is 0 Å². The molecule has 1 heterocycles. The van der Waals surface area contributed by atoms with Crippen molar-refractivity contribution in [3.63, 3.8) is 0 Å². The van der Waals surface area contributed by atoms with Crippen LogP contribution in [0.15, 0.2) is 36.7 Å². The second kappa shape index (κ2) is 5.50. The molecule has 1 aromatic carbocycles. The Labute approximate surface area is 108 Å². The van der Waals surface area contributed by atoms with Crippen molar-refractivity contribution in [1.29, 1.82) is 0 Å². The smallest absolute Gasteiger partial charge is 0.293 e. The number of nitrogens with zero attached hydrogens (tertiary/aromatic N) is 3. The molecule has 0 aliphatic carbocycles. The molecular formula is C11H11ClN4O2. The van der Waals surface area contributed by atoms with Gasteiger partial charge in [0.1, 0.15) is 5.69 Å². The highest BCUT2D eigenvalue weighted by molar-refractivity contribution is 6.30. The fraction of sp³-hybridized carbons (Fsp3) is 0.182. The quantitative estimate of drug-likeness (QED) is 0.667. The zero-order valence-corrected chi connectivity index (χ0v) is 10.2. The molecule has 0 aliphatic rings. The Bertz CT molecular complexity index is 542. The molecule has 94 valence electrons. The maximum absolute atomic E-state index is 10.9. The summed E-state index contributed by atoms with van der Waals surface area (Å²) in [7, 11) is 0. The van der Waals surface area contributed by atoms with Crippen LogP contribution in [-0.4, -0.2) is 21.2 Å². The van der Waals surface area contributed by atoms with Crippen LogP contribution in [0.1, 0.15) is 0 Å². The van der Waals surface area contributed by atoms with Crippen LogP contribution in [0, 0.1) is 10.1 Å². The molecule has 1 N–H and O–H groups in total. The summed E-state index contributed by atoms with van der Waals surface area (Å²) >= 11 is 5.73. The second-order valence-electron chi connectivity index (χ2n) is 3.61. The summed E-state index contributed by atoms with van der Waals surface area (Å²) in [5, 5.41) is 18.2. The summed E-state index contributed by atoms with van der Waals surface area (Å²) in [4.78, 5) is 10.4. The molecular weight excluding hydrogens is 256 g/mol. The number of rotatable bonds is 5. The highest BCUT2D eigenvalue weighted by atomic mass is 35.5. The molecule has 6 nitrogen and oxygen atoms in total. The predicted molar refractivity (Wildman–Crippen MR) is 68.8 cm³/mol. The molecule has 0 unspecified atom stereocenters. The molecule has 0 saturated heterocycles. The van der Waals surface area contributed by atoms with E-state index in [1.54, 1.807) is 23.0 Å². The van der Waals surface area contributed by atoms with Crippen molar-refractivity contribution in [2.45, 2.75) is 6.54 Å². The van der Waals surface area contributed by atoms with Crippen molar-refractivity contribution in [2.24, 2.45) is 0 Å². The van der Waals surface area contributed by atoms with E-state index in [4.69, 9.17) is 11.6 Å². The largest absolute Gasteiger partial charge is 0.378 e. The molecule has 0 saturated carbocycles. The number of halogens is 1. The van der Waals surface area contributed by atoms with E-state index in [2.05, 4.69) is 10.4 Å². The molecule has 2 rings (SSSR count). The molecule has 0 atom stereocenters. The summed E-state index contributed by atoms with van der Waals surface area (Å²) in [5.74, 6) is 0.